The first kappa shape index (κ1) is 17.0. The topological polar surface area (TPSA) is 72.8 Å². The number of carbonyl (C=O) groups excluding carboxylic acids is 2. The summed E-state index contributed by atoms with van der Waals surface area (Å²) in [6.45, 7) is 1.49. The molecule has 5 nitrogen and oxygen atoms in total. The monoisotopic (exact) mass is 378 g/mol. The van der Waals surface area contributed by atoms with Gasteiger partial charge >= 0.3 is 5.97 Å². The van der Waals surface area contributed by atoms with E-state index in [1.807, 2.05) is 0 Å². The molecule has 0 aromatic heterocycles. The molecule has 6 heteroatoms. The number of halogens is 1. The van der Waals surface area contributed by atoms with Gasteiger partial charge in [-0.3, -0.25) is 4.79 Å². The number of benzene rings is 2. The van der Waals surface area contributed by atoms with Crippen molar-refractivity contribution in [2.24, 2.45) is 0 Å². The Bertz CT molecular complexity index is 724. The van der Waals surface area contributed by atoms with Gasteiger partial charge in [0, 0.05) is 10.0 Å². The molecule has 0 saturated carbocycles. The van der Waals surface area contributed by atoms with Gasteiger partial charge in [-0.2, -0.15) is 0 Å². The van der Waals surface area contributed by atoms with Crippen LogP contribution in [0.5, 0.6) is 11.5 Å². The SMILES string of the molecule is COc1ccc(O)c(C(=O)O[C@@H](C)C(=O)c2ccc(Br)cc2)c1. The van der Waals surface area contributed by atoms with E-state index in [9.17, 15) is 14.7 Å². The normalized spacial score (nSPS) is 11.6. The molecule has 0 fully saturated rings. The van der Waals surface area contributed by atoms with Crippen LogP contribution < -0.4 is 4.74 Å². The number of Topliss-reactive ketones (excluding diaryl/α,β-unsaturated/α-hetero) is 1. The summed E-state index contributed by atoms with van der Waals surface area (Å²) in [5.74, 6) is -0.951. The minimum atomic E-state index is -0.978. The average Bonchev–Trinajstić information content (AvgIpc) is 2.55. The van der Waals surface area contributed by atoms with Crippen LogP contribution in [0.1, 0.15) is 27.6 Å². The lowest BCUT2D eigenvalue weighted by atomic mass is 10.1. The number of methoxy groups -OCH3 is 1. The van der Waals surface area contributed by atoms with Gasteiger partial charge in [-0.25, -0.2) is 4.79 Å². The fraction of sp³-hybridized carbons (Fsp3) is 0.176. The Kier molecular flexibility index (Phi) is 5.39. The van der Waals surface area contributed by atoms with E-state index >= 15 is 0 Å². The second kappa shape index (κ2) is 7.28. The zero-order chi connectivity index (χ0) is 17.0. The summed E-state index contributed by atoms with van der Waals surface area (Å²) in [7, 11) is 1.45. The van der Waals surface area contributed by atoms with Crippen LogP contribution in [0, 0.1) is 0 Å². The van der Waals surface area contributed by atoms with Crippen LogP contribution in [0.25, 0.3) is 0 Å². The molecule has 0 bridgehead atoms. The molecule has 0 radical (unpaired) electrons. The summed E-state index contributed by atoms with van der Waals surface area (Å²) in [5.41, 5.74) is 0.378. The molecular weight excluding hydrogens is 364 g/mol. The van der Waals surface area contributed by atoms with E-state index in [4.69, 9.17) is 9.47 Å². The Hall–Kier alpha value is -2.34. The third-order valence-corrected chi connectivity index (χ3v) is 3.73. The maximum Gasteiger partial charge on any atom is 0.342 e. The molecule has 0 spiro atoms. The van der Waals surface area contributed by atoms with Crippen molar-refractivity contribution in [1.82, 2.24) is 0 Å². The number of phenolic OH excluding ortho intramolecular Hbond substituents is 1. The predicted molar refractivity (Wildman–Crippen MR) is 88.0 cm³/mol. The van der Waals surface area contributed by atoms with Crippen molar-refractivity contribution in [3.05, 3.63) is 58.1 Å². The molecule has 0 aliphatic rings. The number of carbonyl (C=O) groups is 2. The summed E-state index contributed by atoms with van der Waals surface area (Å²) < 4.78 is 11.0. The Balaban J connectivity index is 2.13. The summed E-state index contributed by atoms with van der Waals surface area (Å²) in [4.78, 5) is 24.4. The van der Waals surface area contributed by atoms with Crippen LogP contribution in [-0.4, -0.2) is 30.1 Å². The van der Waals surface area contributed by atoms with Crippen LogP contribution >= 0.6 is 15.9 Å². The standard InChI is InChI=1S/C17H15BrO5/c1-10(16(20)11-3-5-12(18)6-4-11)23-17(21)14-9-13(22-2)7-8-15(14)19/h3-10,19H,1-2H3/t10-/m0/s1. The summed E-state index contributed by atoms with van der Waals surface area (Å²) >= 11 is 3.29. The molecule has 0 aliphatic carbocycles. The minimum absolute atomic E-state index is 0.0557. The van der Waals surface area contributed by atoms with E-state index in [-0.39, 0.29) is 17.1 Å². The van der Waals surface area contributed by atoms with Crippen molar-refractivity contribution in [3.63, 3.8) is 0 Å². The van der Waals surface area contributed by atoms with Gasteiger partial charge in [0.2, 0.25) is 5.78 Å². The van der Waals surface area contributed by atoms with E-state index in [2.05, 4.69) is 15.9 Å². The quantitative estimate of drug-likeness (QED) is 0.635. The first-order chi connectivity index (χ1) is 10.9. The summed E-state index contributed by atoms with van der Waals surface area (Å²) in [6, 6.07) is 10.9. The predicted octanol–water partition coefficient (Wildman–Crippen LogP) is 3.59. The van der Waals surface area contributed by atoms with Gasteiger partial charge in [-0.15, -0.1) is 0 Å². The molecule has 2 rings (SSSR count). The van der Waals surface area contributed by atoms with Crippen LogP contribution in [0.2, 0.25) is 0 Å². The van der Waals surface area contributed by atoms with Crippen LogP contribution in [0.3, 0.4) is 0 Å². The largest absolute Gasteiger partial charge is 0.507 e. The van der Waals surface area contributed by atoms with E-state index in [0.29, 0.717) is 11.3 Å². The molecule has 1 N–H and O–H groups in total. The second-order valence-electron chi connectivity index (χ2n) is 4.80. The number of phenols is 1. The van der Waals surface area contributed by atoms with Crippen molar-refractivity contribution in [2.75, 3.05) is 7.11 Å². The second-order valence-corrected chi connectivity index (χ2v) is 5.72. The number of rotatable bonds is 5. The van der Waals surface area contributed by atoms with Crippen LogP contribution in [-0.2, 0) is 4.74 Å². The molecule has 0 heterocycles. The number of hydrogen-bond donors (Lipinski definition) is 1. The minimum Gasteiger partial charge on any atom is -0.507 e. The lowest BCUT2D eigenvalue weighted by Crippen LogP contribution is -2.24. The first-order valence-electron chi connectivity index (χ1n) is 6.80. The number of ether oxygens (including phenoxy) is 2. The zero-order valence-corrected chi connectivity index (χ0v) is 14.2. The molecule has 1 atom stereocenters. The van der Waals surface area contributed by atoms with Gasteiger partial charge in [0.1, 0.15) is 17.1 Å². The van der Waals surface area contributed by atoms with E-state index in [1.54, 1.807) is 24.3 Å². The number of esters is 1. The molecule has 0 unspecified atom stereocenters. The van der Waals surface area contributed by atoms with Crippen molar-refractivity contribution in [2.45, 2.75) is 13.0 Å². The lowest BCUT2D eigenvalue weighted by Gasteiger charge is -2.13. The Morgan fingerprint density at radius 2 is 1.78 bits per heavy atom. The Morgan fingerprint density at radius 1 is 1.13 bits per heavy atom. The summed E-state index contributed by atoms with van der Waals surface area (Å²) in [5, 5.41) is 9.75. The van der Waals surface area contributed by atoms with Crippen molar-refractivity contribution in [1.29, 1.82) is 0 Å². The lowest BCUT2D eigenvalue weighted by molar-refractivity contribution is 0.0315. The smallest absolute Gasteiger partial charge is 0.342 e. The van der Waals surface area contributed by atoms with Crippen LogP contribution in [0.4, 0.5) is 0 Å². The van der Waals surface area contributed by atoms with Gasteiger partial charge in [0.25, 0.3) is 0 Å². The highest BCUT2D eigenvalue weighted by molar-refractivity contribution is 9.10. The Morgan fingerprint density at radius 3 is 2.39 bits per heavy atom. The van der Waals surface area contributed by atoms with Crippen LogP contribution in [0.15, 0.2) is 46.9 Å². The van der Waals surface area contributed by atoms with Crippen molar-refractivity contribution >= 4 is 27.7 Å². The molecule has 23 heavy (non-hydrogen) atoms. The molecule has 2 aromatic rings. The van der Waals surface area contributed by atoms with Crippen molar-refractivity contribution in [3.8, 4) is 11.5 Å². The number of hydrogen-bond acceptors (Lipinski definition) is 5. The number of ketones is 1. The van der Waals surface area contributed by atoms with Gasteiger partial charge in [0.15, 0.2) is 6.10 Å². The maximum absolute atomic E-state index is 12.3. The Labute approximate surface area is 142 Å². The molecule has 0 saturated heterocycles. The fourth-order valence-corrected chi connectivity index (χ4v) is 2.20. The number of aromatic hydroxyl groups is 1. The van der Waals surface area contributed by atoms with Crippen molar-refractivity contribution < 1.29 is 24.2 Å². The van der Waals surface area contributed by atoms with E-state index < -0.39 is 12.1 Å². The van der Waals surface area contributed by atoms with Gasteiger partial charge < -0.3 is 14.6 Å². The maximum atomic E-state index is 12.3. The molecule has 0 amide bonds. The molecule has 2 aromatic carbocycles. The zero-order valence-electron chi connectivity index (χ0n) is 12.6. The molecular formula is C17H15BrO5. The summed E-state index contributed by atoms with van der Waals surface area (Å²) in [6.07, 6.45) is -0.978. The highest BCUT2D eigenvalue weighted by Gasteiger charge is 2.22. The average molecular weight is 379 g/mol. The highest BCUT2D eigenvalue weighted by atomic mass is 79.9. The van der Waals surface area contributed by atoms with Gasteiger partial charge in [-0.05, 0) is 37.3 Å². The van der Waals surface area contributed by atoms with E-state index in [1.165, 1.54) is 32.2 Å². The third kappa shape index (κ3) is 4.10. The van der Waals surface area contributed by atoms with E-state index in [0.717, 1.165) is 4.47 Å². The highest BCUT2D eigenvalue weighted by Crippen LogP contribution is 2.24. The van der Waals surface area contributed by atoms with Gasteiger partial charge in [-0.1, -0.05) is 28.1 Å². The first-order valence-corrected chi connectivity index (χ1v) is 7.59. The molecule has 0 aliphatic heterocycles. The fourth-order valence-electron chi connectivity index (χ4n) is 1.93. The third-order valence-electron chi connectivity index (χ3n) is 3.21. The van der Waals surface area contributed by atoms with Gasteiger partial charge in [0.05, 0.1) is 7.11 Å². The molecule has 120 valence electrons.